The van der Waals surface area contributed by atoms with E-state index in [0.717, 1.165) is 5.56 Å². The number of ether oxygens (including phenoxy) is 2. The van der Waals surface area contributed by atoms with Gasteiger partial charge in [-0.25, -0.2) is 4.90 Å². The Morgan fingerprint density at radius 3 is 2.09 bits per heavy atom. The van der Waals surface area contributed by atoms with Gasteiger partial charge in [0, 0.05) is 6.92 Å². The van der Waals surface area contributed by atoms with Gasteiger partial charge in [-0.3, -0.25) is 19.4 Å². The van der Waals surface area contributed by atoms with Crippen LogP contribution in [-0.2, 0) is 14.4 Å². The summed E-state index contributed by atoms with van der Waals surface area (Å²) in [5.41, 5.74) is 2.38. The Labute approximate surface area is 196 Å². The van der Waals surface area contributed by atoms with Gasteiger partial charge in [-0.2, -0.15) is 5.10 Å². The third-order valence-electron chi connectivity index (χ3n) is 5.81. The number of nitrogens with zero attached hydrogens (tertiary/aromatic N) is 3. The van der Waals surface area contributed by atoms with Crippen LogP contribution in [0.25, 0.3) is 0 Å². The molecule has 0 aromatic heterocycles. The molecule has 0 saturated carbocycles. The quantitative estimate of drug-likeness (QED) is 0.333. The molecule has 3 aromatic carbocycles. The van der Waals surface area contributed by atoms with Crippen LogP contribution in [-0.4, -0.2) is 36.6 Å². The fraction of sp³-hybridized carbons (Fsp3) is 0.154. The Morgan fingerprint density at radius 2 is 1.47 bits per heavy atom. The first-order valence-corrected chi connectivity index (χ1v) is 10.7. The number of hydrogen-bond acceptors (Lipinski definition) is 7. The maximum atomic E-state index is 13.6. The molecule has 0 aliphatic carbocycles. The van der Waals surface area contributed by atoms with E-state index in [-0.39, 0.29) is 11.8 Å². The van der Waals surface area contributed by atoms with Crippen molar-refractivity contribution in [2.24, 2.45) is 11.0 Å². The van der Waals surface area contributed by atoms with Crippen molar-refractivity contribution in [1.29, 1.82) is 0 Å². The van der Waals surface area contributed by atoms with Gasteiger partial charge in [-0.1, -0.05) is 18.2 Å². The normalized spacial score (nSPS) is 19.2. The molecule has 34 heavy (non-hydrogen) atoms. The fourth-order valence-corrected chi connectivity index (χ4v) is 4.29. The van der Waals surface area contributed by atoms with E-state index in [1.165, 1.54) is 11.8 Å². The van der Waals surface area contributed by atoms with Gasteiger partial charge in [0.1, 0.15) is 23.5 Å². The highest BCUT2D eigenvalue weighted by Gasteiger charge is 2.57. The van der Waals surface area contributed by atoms with Gasteiger partial charge in [0.05, 0.1) is 24.2 Å². The first-order valence-electron chi connectivity index (χ1n) is 10.7. The molecule has 170 valence electrons. The SMILES string of the molecule is COc1ccc(C2=NN(c3ccccc3)[C@H]3C(=O)N(c4ccc(OC(C)=O)cc4)C(=O)[C@@H]23)cc1. The molecule has 8 heteroatoms. The highest BCUT2D eigenvalue weighted by molar-refractivity contribution is 6.34. The molecule has 2 amide bonds. The van der Waals surface area contributed by atoms with Gasteiger partial charge in [0.2, 0.25) is 5.91 Å². The number of amides is 2. The van der Waals surface area contributed by atoms with Gasteiger partial charge in [0.25, 0.3) is 5.91 Å². The van der Waals surface area contributed by atoms with Crippen molar-refractivity contribution >= 4 is 34.9 Å². The lowest BCUT2D eigenvalue weighted by molar-refractivity contribution is -0.132. The van der Waals surface area contributed by atoms with Gasteiger partial charge in [-0.05, 0) is 66.2 Å². The zero-order valence-electron chi connectivity index (χ0n) is 18.5. The summed E-state index contributed by atoms with van der Waals surface area (Å²) >= 11 is 0. The standard InChI is InChI=1S/C26H21N3O5/c1-16(30)34-21-14-10-18(11-15-21)28-25(31)22-23(17-8-12-20(33-2)13-9-17)27-29(24(22)26(28)32)19-6-4-3-5-7-19/h3-15,22,24H,1-2H3/t22-,24+/m0/s1. The van der Waals surface area contributed by atoms with Crippen LogP contribution in [0.1, 0.15) is 12.5 Å². The van der Waals surface area contributed by atoms with Gasteiger partial charge in [0.15, 0.2) is 0 Å². The summed E-state index contributed by atoms with van der Waals surface area (Å²) in [6, 6.07) is 22.0. The maximum Gasteiger partial charge on any atom is 0.308 e. The molecule has 2 atom stereocenters. The molecular formula is C26H21N3O5. The zero-order chi connectivity index (χ0) is 23.8. The molecule has 0 N–H and O–H groups in total. The molecule has 3 aromatic rings. The number of carbonyl (C=O) groups excluding carboxylic acids is 3. The minimum absolute atomic E-state index is 0.335. The lowest BCUT2D eigenvalue weighted by atomic mass is 9.93. The second-order valence-electron chi connectivity index (χ2n) is 7.92. The van der Waals surface area contributed by atoms with Crippen LogP contribution in [0.2, 0.25) is 0 Å². The van der Waals surface area contributed by atoms with Crippen molar-refractivity contribution in [3.05, 3.63) is 84.4 Å². The van der Waals surface area contributed by atoms with E-state index in [9.17, 15) is 14.4 Å². The van der Waals surface area contributed by atoms with Gasteiger partial charge >= 0.3 is 5.97 Å². The van der Waals surface area contributed by atoms with Crippen LogP contribution in [0.15, 0.2) is 84.0 Å². The number of benzene rings is 3. The number of esters is 1. The van der Waals surface area contributed by atoms with Crippen molar-refractivity contribution in [2.75, 3.05) is 17.0 Å². The van der Waals surface area contributed by atoms with Crippen molar-refractivity contribution in [1.82, 2.24) is 0 Å². The summed E-state index contributed by atoms with van der Waals surface area (Å²) < 4.78 is 10.3. The van der Waals surface area contributed by atoms with E-state index < -0.39 is 17.9 Å². The molecule has 0 radical (unpaired) electrons. The Kier molecular flexibility index (Phi) is 5.33. The molecule has 2 heterocycles. The summed E-state index contributed by atoms with van der Waals surface area (Å²) in [5.74, 6) is -0.928. The summed E-state index contributed by atoms with van der Waals surface area (Å²) in [6.45, 7) is 1.31. The molecule has 0 unspecified atom stereocenters. The molecule has 1 saturated heterocycles. The number of para-hydroxylation sites is 1. The van der Waals surface area contributed by atoms with Crippen LogP contribution in [0.3, 0.4) is 0 Å². The summed E-state index contributed by atoms with van der Waals surface area (Å²) in [4.78, 5) is 39.6. The molecule has 0 bridgehead atoms. The Bertz CT molecular complexity index is 1290. The van der Waals surface area contributed by atoms with E-state index in [1.807, 2.05) is 42.5 Å². The maximum absolute atomic E-state index is 13.6. The lowest BCUT2D eigenvalue weighted by Crippen LogP contribution is -2.39. The Balaban J connectivity index is 1.55. The average molecular weight is 455 g/mol. The number of carbonyl (C=O) groups is 3. The van der Waals surface area contributed by atoms with Crippen LogP contribution in [0, 0.1) is 5.92 Å². The summed E-state index contributed by atoms with van der Waals surface area (Å²) in [5, 5.41) is 6.35. The smallest absolute Gasteiger partial charge is 0.308 e. The van der Waals surface area contributed by atoms with E-state index in [0.29, 0.717) is 28.6 Å². The largest absolute Gasteiger partial charge is 0.497 e. The van der Waals surface area contributed by atoms with Crippen molar-refractivity contribution in [3.63, 3.8) is 0 Å². The predicted octanol–water partition coefficient (Wildman–Crippen LogP) is 3.40. The number of hydrogen-bond donors (Lipinski definition) is 0. The van der Waals surface area contributed by atoms with Crippen LogP contribution >= 0.6 is 0 Å². The number of hydrazone groups is 1. The number of methoxy groups -OCH3 is 1. The molecule has 8 nitrogen and oxygen atoms in total. The zero-order valence-corrected chi connectivity index (χ0v) is 18.5. The second-order valence-corrected chi connectivity index (χ2v) is 7.92. The molecule has 2 aliphatic heterocycles. The molecular weight excluding hydrogens is 434 g/mol. The third kappa shape index (κ3) is 3.59. The van der Waals surface area contributed by atoms with Gasteiger partial charge in [-0.15, -0.1) is 0 Å². The number of anilines is 2. The summed E-state index contributed by atoms with van der Waals surface area (Å²) in [7, 11) is 1.58. The molecule has 2 aliphatic rings. The Hall–Kier alpha value is -4.46. The van der Waals surface area contributed by atoms with Crippen LogP contribution in [0.5, 0.6) is 11.5 Å². The van der Waals surface area contributed by atoms with Crippen molar-refractivity contribution in [3.8, 4) is 11.5 Å². The van der Waals surface area contributed by atoms with Crippen LogP contribution in [0.4, 0.5) is 11.4 Å². The van der Waals surface area contributed by atoms with E-state index in [1.54, 1.807) is 48.5 Å². The highest BCUT2D eigenvalue weighted by Crippen LogP contribution is 2.39. The van der Waals surface area contributed by atoms with E-state index in [2.05, 4.69) is 0 Å². The second kappa shape index (κ2) is 8.47. The molecule has 1 fully saturated rings. The number of rotatable bonds is 5. The predicted molar refractivity (Wildman–Crippen MR) is 126 cm³/mol. The third-order valence-corrected chi connectivity index (χ3v) is 5.81. The van der Waals surface area contributed by atoms with Gasteiger partial charge < -0.3 is 9.47 Å². The minimum Gasteiger partial charge on any atom is -0.497 e. The van der Waals surface area contributed by atoms with E-state index in [4.69, 9.17) is 14.6 Å². The number of imide groups is 1. The fourth-order valence-electron chi connectivity index (χ4n) is 4.29. The van der Waals surface area contributed by atoms with Crippen molar-refractivity contribution < 1.29 is 23.9 Å². The molecule has 0 spiro atoms. The minimum atomic E-state index is -0.805. The topological polar surface area (TPSA) is 88.5 Å². The van der Waals surface area contributed by atoms with Crippen molar-refractivity contribution in [2.45, 2.75) is 13.0 Å². The van der Waals surface area contributed by atoms with E-state index >= 15 is 0 Å². The number of fused-ring (bicyclic) bond motifs is 1. The first kappa shape index (κ1) is 21.4. The molecule has 5 rings (SSSR count). The monoisotopic (exact) mass is 455 g/mol. The van der Waals surface area contributed by atoms with Crippen LogP contribution < -0.4 is 19.4 Å². The first-order chi connectivity index (χ1) is 16.5. The lowest BCUT2D eigenvalue weighted by Gasteiger charge is -2.22. The average Bonchev–Trinajstić information content (AvgIpc) is 3.37. The highest BCUT2D eigenvalue weighted by atomic mass is 16.5. The summed E-state index contributed by atoms with van der Waals surface area (Å²) in [6.07, 6.45) is 0. The Morgan fingerprint density at radius 1 is 0.824 bits per heavy atom.